The average Bonchev–Trinajstić information content (AvgIpc) is 3.39. The van der Waals surface area contributed by atoms with Crippen LogP contribution >= 0.6 is 0 Å². The lowest BCUT2D eigenvalue weighted by Gasteiger charge is -2.33. The molecule has 1 aromatic carbocycles. The Morgan fingerprint density at radius 1 is 1.19 bits per heavy atom. The van der Waals surface area contributed by atoms with Gasteiger partial charge in [-0.3, -0.25) is 9.69 Å². The van der Waals surface area contributed by atoms with Crippen LogP contribution in [0.25, 0.3) is 0 Å². The number of nitrogens with zero attached hydrogens (tertiary/aromatic N) is 1. The molecule has 4 rings (SSSR count). The molecule has 1 aliphatic heterocycles. The Balaban J connectivity index is 1.47. The Hall–Kier alpha value is -2.18. The minimum absolute atomic E-state index is 0.00986. The lowest BCUT2D eigenvalue weighted by molar-refractivity contribution is -0.124. The lowest BCUT2D eigenvalue weighted by Crippen LogP contribution is -2.45. The number of hydrogen-bond donors (Lipinski definition) is 1. The number of aryl methyl sites for hydroxylation is 1. The summed E-state index contributed by atoms with van der Waals surface area (Å²) >= 11 is 0. The first kappa shape index (κ1) is 18.2. The second-order valence-corrected chi connectivity index (χ2v) is 7.41. The van der Waals surface area contributed by atoms with Crippen LogP contribution in [0.1, 0.15) is 36.0 Å². The molecule has 27 heavy (non-hydrogen) atoms. The van der Waals surface area contributed by atoms with Gasteiger partial charge in [-0.25, -0.2) is 4.39 Å². The van der Waals surface area contributed by atoms with E-state index in [4.69, 9.17) is 9.15 Å². The number of furan rings is 1. The number of morpholine rings is 1. The maximum atomic E-state index is 13.2. The highest BCUT2D eigenvalue weighted by Crippen LogP contribution is 2.48. The predicted octanol–water partition coefficient (Wildman–Crippen LogP) is 2.95. The van der Waals surface area contributed by atoms with Crippen LogP contribution in [0.2, 0.25) is 0 Å². The Kier molecular flexibility index (Phi) is 5.02. The van der Waals surface area contributed by atoms with Crippen molar-refractivity contribution in [3.05, 3.63) is 59.3 Å². The van der Waals surface area contributed by atoms with Crippen molar-refractivity contribution in [2.24, 2.45) is 0 Å². The van der Waals surface area contributed by atoms with Crippen molar-refractivity contribution in [1.82, 2.24) is 10.2 Å². The second kappa shape index (κ2) is 7.44. The molecule has 5 nitrogen and oxygen atoms in total. The first-order valence-electron chi connectivity index (χ1n) is 9.51. The van der Waals surface area contributed by atoms with Crippen LogP contribution in [0.3, 0.4) is 0 Å². The maximum Gasteiger partial charge on any atom is 0.230 e. The van der Waals surface area contributed by atoms with E-state index in [2.05, 4.69) is 10.2 Å². The van der Waals surface area contributed by atoms with Crippen LogP contribution in [0, 0.1) is 12.7 Å². The zero-order chi connectivity index (χ0) is 18.9. The molecule has 144 valence electrons. The summed E-state index contributed by atoms with van der Waals surface area (Å²) in [6, 6.07) is 10.2. The van der Waals surface area contributed by atoms with Crippen molar-refractivity contribution in [2.45, 2.75) is 31.2 Å². The van der Waals surface area contributed by atoms with E-state index in [1.165, 1.54) is 12.1 Å². The normalized spacial score (nSPS) is 20.2. The molecule has 1 aliphatic carbocycles. The highest BCUT2D eigenvalue weighted by Gasteiger charge is 2.51. The maximum absolute atomic E-state index is 13.2. The Morgan fingerprint density at radius 3 is 2.48 bits per heavy atom. The van der Waals surface area contributed by atoms with E-state index in [1.807, 2.05) is 19.1 Å². The molecule has 1 saturated heterocycles. The standard InChI is InChI=1S/C21H25FN2O3/c1-15-2-7-19(27-15)18(24-10-12-26-13-11-24)14-23-20(25)21(8-9-21)16-3-5-17(22)6-4-16/h2-7,18H,8-14H2,1H3,(H,23,25)/t18-/m1/s1. The first-order valence-corrected chi connectivity index (χ1v) is 9.51. The molecule has 6 heteroatoms. The summed E-state index contributed by atoms with van der Waals surface area (Å²) in [6.07, 6.45) is 1.60. The zero-order valence-electron chi connectivity index (χ0n) is 15.5. The van der Waals surface area contributed by atoms with Gasteiger partial charge in [0.25, 0.3) is 0 Å². The molecule has 1 atom stereocenters. The molecule has 1 N–H and O–H groups in total. The molecule has 2 fully saturated rings. The molecular formula is C21H25FN2O3. The Labute approximate surface area is 158 Å². The summed E-state index contributed by atoms with van der Waals surface area (Å²) in [7, 11) is 0. The lowest BCUT2D eigenvalue weighted by atomic mass is 9.95. The average molecular weight is 372 g/mol. The zero-order valence-corrected chi connectivity index (χ0v) is 15.5. The SMILES string of the molecule is Cc1ccc([C@@H](CNC(=O)C2(c3ccc(F)cc3)CC2)N2CCOCC2)o1. The van der Waals surface area contributed by atoms with Crippen molar-refractivity contribution in [3.63, 3.8) is 0 Å². The summed E-state index contributed by atoms with van der Waals surface area (Å²) in [5.41, 5.74) is 0.376. The van der Waals surface area contributed by atoms with E-state index in [0.29, 0.717) is 19.8 Å². The van der Waals surface area contributed by atoms with Crippen molar-refractivity contribution in [1.29, 1.82) is 0 Å². The van der Waals surface area contributed by atoms with Crippen LogP contribution in [-0.4, -0.2) is 43.7 Å². The van der Waals surface area contributed by atoms with Gasteiger partial charge in [-0.1, -0.05) is 12.1 Å². The van der Waals surface area contributed by atoms with Crippen molar-refractivity contribution >= 4 is 5.91 Å². The summed E-state index contributed by atoms with van der Waals surface area (Å²) in [5, 5.41) is 3.13. The van der Waals surface area contributed by atoms with Gasteiger partial charge in [0, 0.05) is 19.6 Å². The van der Waals surface area contributed by atoms with E-state index >= 15 is 0 Å². The molecule has 1 saturated carbocycles. The molecule has 2 aromatic rings. The molecule has 2 heterocycles. The van der Waals surface area contributed by atoms with Gasteiger partial charge in [0.2, 0.25) is 5.91 Å². The third-order valence-corrected chi connectivity index (χ3v) is 5.61. The van der Waals surface area contributed by atoms with Gasteiger partial charge in [0.1, 0.15) is 17.3 Å². The Morgan fingerprint density at radius 2 is 1.89 bits per heavy atom. The van der Waals surface area contributed by atoms with Gasteiger partial charge in [-0.2, -0.15) is 0 Å². The molecule has 1 amide bonds. The molecular weight excluding hydrogens is 347 g/mol. The molecule has 1 aromatic heterocycles. The van der Waals surface area contributed by atoms with Gasteiger partial charge in [0.15, 0.2) is 0 Å². The number of rotatable bonds is 6. The number of nitrogens with one attached hydrogen (secondary N) is 1. The number of carbonyl (C=O) groups excluding carboxylic acids is 1. The van der Waals surface area contributed by atoms with Gasteiger partial charge in [0.05, 0.1) is 24.7 Å². The summed E-state index contributed by atoms with van der Waals surface area (Å²) in [4.78, 5) is 15.2. The van der Waals surface area contributed by atoms with Crippen LogP contribution < -0.4 is 5.32 Å². The fourth-order valence-corrected chi connectivity index (χ4v) is 3.83. The fraction of sp³-hybridized carbons (Fsp3) is 0.476. The van der Waals surface area contributed by atoms with Crippen molar-refractivity contribution in [3.8, 4) is 0 Å². The highest BCUT2D eigenvalue weighted by molar-refractivity contribution is 5.91. The van der Waals surface area contributed by atoms with E-state index in [0.717, 1.165) is 43.0 Å². The molecule has 0 spiro atoms. The highest BCUT2D eigenvalue weighted by atomic mass is 19.1. The number of halogens is 1. The smallest absolute Gasteiger partial charge is 0.230 e. The van der Waals surface area contributed by atoms with Crippen LogP contribution in [0.15, 0.2) is 40.8 Å². The quantitative estimate of drug-likeness (QED) is 0.847. The van der Waals surface area contributed by atoms with Gasteiger partial charge >= 0.3 is 0 Å². The number of benzene rings is 1. The predicted molar refractivity (Wildman–Crippen MR) is 98.9 cm³/mol. The minimum atomic E-state index is -0.512. The van der Waals surface area contributed by atoms with Crippen LogP contribution in [0.4, 0.5) is 4.39 Å². The van der Waals surface area contributed by atoms with Gasteiger partial charge < -0.3 is 14.5 Å². The van der Waals surface area contributed by atoms with Crippen LogP contribution in [0.5, 0.6) is 0 Å². The third-order valence-electron chi connectivity index (χ3n) is 5.61. The minimum Gasteiger partial charge on any atom is -0.465 e. The van der Waals surface area contributed by atoms with E-state index in [9.17, 15) is 9.18 Å². The second-order valence-electron chi connectivity index (χ2n) is 7.41. The fourth-order valence-electron chi connectivity index (χ4n) is 3.83. The van der Waals surface area contributed by atoms with Crippen molar-refractivity contribution < 1.29 is 18.3 Å². The number of ether oxygens (including phenoxy) is 1. The van der Waals surface area contributed by atoms with Crippen LogP contribution in [-0.2, 0) is 14.9 Å². The number of hydrogen-bond acceptors (Lipinski definition) is 4. The molecule has 0 bridgehead atoms. The molecule has 2 aliphatic rings. The van der Waals surface area contributed by atoms with E-state index < -0.39 is 5.41 Å². The van der Waals surface area contributed by atoms with Crippen molar-refractivity contribution in [2.75, 3.05) is 32.8 Å². The van der Waals surface area contributed by atoms with E-state index in [-0.39, 0.29) is 17.8 Å². The topological polar surface area (TPSA) is 54.7 Å². The Bertz CT molecular complexity index is 792. The molecule has 0 unspecified atom stereocenters. The molecule has 0 radical (unpaired) electrons. The summed E-state index contributed by atoms with van der Waals surface area (Å²) < 4.78 is 24.5. The van der Waals surface area contributed by atoms with Gasteiger partial charge in [-0.15, -0.1) is 0 Å². The van der Waals surface area contributed by atoms with Gasteiger partial charge in [-0.05, 0) is 49.6 Å². The monoisotopic (exact) mass is 372 g/mol. The summed E-state index contributed by atoms with van der Waals surface area (Å²) in [6.45, 7) is 5.39. The van der Waals surface area contributed by atoms with E-state index in [1.54, 1.807) is 12.1 Å². The number of carbonyl (C=O) groups is 1. The third kappa shape index (κ3) is 3.77. The summed E-state index contributed by atoms with van der Waals surface area (Å²) in [5.74, 6) is 1.45. The largest absolute Gasteiger partial charge is 0.465 e. The number of amides is 1. The first-order chi connectivity index (χ1) is 13.1.